The molecule has 0 aliphatic heterocycles. The number of benzene rings is 3. The van der Waals surface area contributed by atoms with Gasteiger partial charge in [-0.3, -0.25) is 13.9 Å². The van der Waals surface area contributed by atoms with Crippen LogP contribution in [0.3, 0.4) is 0 Å². The number of anilines is 1. The van der Waals surface area contributed by atoms with Gasteiger partial charge in [0.1, 0.15) is 18.3 Å². The maximum absolute atomic E-state index is 14.1. The highest BCUT2D eigenvalue weighted by atomic mass is 32.2. The molecule has 0 unspecified atom stereocenters. The lowest BCUT2D eigenvalue weighted by Crippen LogP contribution is -2.52. The van der Waals surface area contributed by atoms with E-state index in [1.54, 1.807) is 36.4 Å². The lowest BCUT2D eigenvalue weighted by molar-refractivity contribution is -0.140. The van der Waals surface area contributed by atoms with E-state index in [1.807, 2.05) is 65.8 Å². The van der Waals surface area contributed by atoms with Crippen molar-refractivity contribution in [3.8, 4) is 5.75 Å². The lowest BCUT2D eigenvalue weighted by atomic mass is 10.1. The summed E-state index contributed by atoms with van der Waals surface area (Å²) in [6, 6.07) is 20.1. The second-order valence-corrected chi connectivity index (χ2v) is 12.7. The minimum Gasteiger partial charge on any atom is -0.494 e. The summed E-state index contributed by atoms with van der Waals surface area (Å²) >= 11 is 0. The highest BCUT2D eigenvalue weighted by molar-refractivity contribution is 7.92. The first-order valence-corrected chi connectivity index (χ1v) is 15.8. The molecule has 3 rings (SSSR count). The van der Waals surface area contributed by atoms with Gasteiger partial charge >= 0.3 is 0 Å². The Morgan fingerprint density at radius 2 is 1.43 bits per heavy atom. The summed E-state index contributed by atoms with van der Waals surface area (Å²) in [5.74, 6) is 0.0565. The summed E-state index contributed by atoms with van der Waals surface area (Å²) in [5, 5.41) is 2.95. The average Bonchev–Trinajstić information content (AvgIpc) is 2.96. The SMILES string of the molecule is CCOc1ccc(S(=O)(=O)N(CC(=O)N(Cc2ccc(C)cc2)[C@@H](CC)C(=O)NCC(C)C)c2ccc(C)cc2)cc1. The summed E-state index contributed by atoms with van der Waals surface area (Å²) in [5.41, 5.74) is 3.23. The van der Waals surface area contributed by atoms with E-state index in [2.05, 4.69) is 5.32 Å². The molecule has 0 saturated heterocycles. The van der Waals surface area contributed by atoms with Crippen LogP contribution in [0.4, 0.5) is 5.69 Å². The predicted molar refractivity (Wildman–Crippen MR) is 167 cm³/mol. The summed E-state index contributed by atoms with van der Waals surface area (Å²) in [6.07, 6.45) is 0.373. The number of amides is 2. The maximum atomic E-state index is 14.1. The number of carbonyl (C=O) groups excluding carboxylic acids is 2. The minimum absolute atomic E-state index is 0.0335. The molecular weight excluding hydrogens is 550 g/mol. The second kappa shape index (κ2) is 14.9. The molecule has 1 N–H and O–H groups in total. The van der Waals surface area contributed by atoms with Crippen LogP contribution in [0.25, 0.3) is 0 Å². The number of sulfonamides is 1. The molecule has 2 amide bonds. The monoisotopic (exact) mass is 593 g/mol. The van der Waals surface area contributed by atoms with E-state index in [1.165, 1.54) is 17.0 Å². The van der Waals surface area contributed by atoms with E-state index in [0.717, 1.165) is 21.0 Å². The van der Waals surface area contributed by atoms with Crippen molar-refractivity contribution in [2.75, 3.05) is 24.0 Å². The third-order valence-corrected chi connectivity index (χ3v) is 8.66. The van der Waals surface area contributed by atoms with Crippen LogP contribution in [0, 0.1) is 19.8 Å². The molecule has 1 atom stereocenters. The van der Waals surface area contributed by atoms with Gasteiger partial charge in [0.25, 0.3) is 10.0 Å². The predicted octanol–water partition coefficient (Wildman–Crippen LogP) is 5.48. The van der Waals surface area contributed by atoms with Crippen molar-refractivity contribution in [3.63, 3.8) is 0 Å². The summed E-state index contributed by atoms with van der Waals surface area (Å²) < 4.78 is 34.6. The minimum atomic E-state index is -4.15. The number of carbonyl (C=O) groups is 2. The zero-order valence-corrected chi connectivity index (χ0v) is 26.3. The first kappa shape index (κ1) is 32.7. The van der Waals surface area contributed by atoms with Crippen molar-refractivity contribution in [2.45, 2.75) is 65.4 Å². The van der Waals surface area contributed by atoms with Gasteiger partial charge in [0, 0.05) is 13.1 Å². The molecule has 8 nitrogen and oxygen atoms in total. The molecular formula is C33H43N3O5S. The quantitative estimate of drug-likeness (QED) is 0.267. The van der Waals surface area contributed by atoms with E-state index in [0.29, 0.717) is 31.0 Å². The van der Waals surface area contributed by atoms with Crippen molar-refractivity contribution in [1.29, 1.82) is 0 Å². The van der Waals surface area contributed by atoms with Crippen molar-refractivity contribution in [3.05, 3.63) is 89.5 Å². The van der Waals surface area contributed by atoms with Crippen LogP contribution in [0.1, 0.15) is 50.8 Å². The van der Waals surface area contributed by atoms with Crippen molar-refractivity contribution in [1.82, 2.24) is 10.2 Å². The van der Waals surface area contributed by atoms with Gasteiger partial charge in [0.2, 0.25) is 11.8 Å². The standard InChI is InChI=1S/C33H43N3O5S/c1-7-31(33(38)34-21-24(3)4)35(22-27-13-9-25(5)10-14-27)32(37)23-36(28-15-11-26(6)12-16-28)42(39,40)30-19-17-29(18-20-30)41-8-2/h9-20,24,31H,7-8,21-23H2,1-6H3,(H,34,38)/t31-/m0/s1. The van der Waals surface area contributed by atoms with Crippen LogP contribution in [-0.2, 0) is 26.2 Å². The number of nitrogens with one attached hydrogen (secondary N) is 1. The van der Waals surface area contributed by atoms with Crippen LogP contribution in [-0.4, -0.2) is 50.9 Å². The van der Waals surface area contributed by atoms with Crippen LogP contribution >= 0.6 is 0 Å². The molecule has 0 fully saturated rings. The molecule has 0 heterocycles. The van der Waals surface area contributed by atoms with Crippen molar-refractivity contribution < 1.29 is 22.7 Å². The topological polar surface area (TPSA) is 96.0 Å². The van der Waals surface area contributed by atoms with E-state index in [4.69, 9.17) is 4.74 Å². The third kappa shape index (κ3) is 8.58. The Bertz CT molecular complexity index is 1420. The summed E-state index contributed by atoms with van der Waals surface area (Å²) in [6.45, 7) is 12.2. The fraction of sp³-hybridized carbons (Fsp3) is 0.394. The molecule has 0 radical (unpaired) electrons. The van der Waals surface area contributed by atoms with Crippen LogP contribution in [0.5, 0.6) is 5.75 Å². The number of nitrogens with zero attached hydrogens (tertiary/aromatic N) is 2. The van der Waals surface area contributed by atoms with Gasteiger partial charge in [0.15, 0.2) is 0 Å². The van der Waals surface area contributed by atoms with Gasteiger partial charge in [-0.2, -0.15) is 0 Å². The zero-order valence-electron chi connectivity index (χ0n) is 25.5. The number of ether oxygens (including phenoxy) is 1. The Balaban J connectivity index is 2.03. The van der Waals surface area contributed by atoms with Gasteiger partial charge in [-0.15, -0.1) is 0 Å². The third-order valence-electron chi connectivity index (χ3n) is 6.87. The van der Waals surface area contributed by atoms with Crippen LogP contribution in [0.15, 0.2) is 77.7 Å². The van der Waals surface area contributed by atoms with Gasteiger partial charge in [-0.05, 0) is 75.1 Å². The molecule has 3 aromatic carbocycles. The Hall–Kier alpha value is -3.85. The van der Waals surface area contributed by atoms with Crippen LogP contribution < -0.4 is 14.4 Å². The van der Waals surface area contributed by atoms with E-state index >= 15 is 0 Å². The molecule has 42 heavy (non-hydrogen) atoms. The first-order valence-electron chi connectivity index (χ1n) is 14.4. The Morgan fingerprint density at radius 1 is 0.857 bits per heavy atom. The first-order chi connectivity index (χ1) is 20.0. The van der Waals surface area contributed by atoms with Gasteiger partial charge in [0.05, 0.1) is 17.2 Å². The number of rotatable bonds is 14. The fourth-order valence-electron chi connectivity index (χ4n) is 4.47. The summed E-state index contributed by atoms with van der Waals surface area (Å²) in [7, 11) is -4.15. The fourth-order valence-corrected chi connectivity index (χ4v) is 5.89. The van der Waals surface area contributed by atoms with E-state index in [-0.39, 0.29) is 23.3 Å². The van der Waals surface area contributed by atoms with Gasteiger partial charge < -0.3 is 15.0 Å². The van der Waals surface area contributed by atoms with Gasteiger partial charge in [-0.25, -0.2) is 8.42 Å². The average molecular weight is 594 g/mol. The molecule has 0 aliphatic rings. The molecule has 0 bridgehead atoms. The maximum Gasteiger partial charge on any atom is 0.264 e. The second-order valence-electron chi connectivity index (χ2n) is 10.8. The number of hydrogen-bond donors (Lipinski definition) is 1. The number of aryl methyl sites for hydroxylation is 2. The Kier molecular flexibility index (Phi) is 11.6. The molecule has 3 aromatic rings. The Morgan fingerprint density at radius 3 is 1.95 bits per heavy atom. The summed E-state index contributed by atoms with van der Waals surface area (Å²) in [4.78, 5) is 29.0. The molecule has 9 heteroatoms. The van der Waals surface area contributed by atoms with Crippen molar-refractivity contribution >= 4 is 27.5 Å². The normalized spacial score (nSPS) is 12.1. The highest BCUT2D eigenvalue weighted by Gasteiger charge is 2.33. The Labute approximate surface area is 250 Å². The molecule has 0 aromatic heterocycles. The highest BCUT2D eigenvalue weighted by Crippen LogP contribution is 2.26. The van der Waals surface area contributed by atoms with Crippen LogP contribution in [0.2, 0.25) is 0 Å². The zero-order chi connectivity index (χ0) is 30.9. The van der Waals surface area contributed by atoms with E-state index < -0.39 is 28.5 Å². The van der Waals surface area contributed by atoms with E-state index in [9.17, 15) is 18.0 Å². The molecule has 0 saturated carbocycles. The molecule has 0 aliphatic carbocycles. The molecule has 226 valence electrons. The van der Waals surface area contributed by atoms with Gasteiger partial charge in [-0.1, -0.05) is 68.3 Å². The lowest BCUT2D eigenvalue weighted by Gasteiger charge is -2.33. The largest absolute Gasteiger partial charge is 0.494 e. The molecule has 0 spiro atoms. The van der Waals surface area contributed by atoms with Crippen molar-refractivity contribution in [2.24, 2.45) is 5.92 Å². The smallest absolute Gasteiger partial charge is 0.264 e. The number of hydrogen-bond acceptors (Lipinski definition) is 5.